The quantitative estimate of drug-likeness (QED) is 0.855. The molecule has 2 heterocycles. The van der Waals surface area contributed by atoms with Gasteiger partial charge in [0, 0.05) is 38.6 Å². The molecule has 3 amide bonds. The van der Waals surface area contributed by atoms with Crippen molar-refractivity contribution in [3.8, 4) is 0 Å². The third kappa shape index (κ3) is 2.41. The number of likely N-dealkylation sites (tertiary alicyclic amines) is 1. The van der Waals surface area contributed by atoms with E-state index in [-0.39, 0.29) is 11.9 Å². The average molecular weight is 275 g/mol. The summed E-state index contributed by atoms with van der Waals surface area (Å²) in [6.45, 7) is 2.85. The van der Waals surface area contributed by atoms with Crippen molar-refractivity contribution in [2.75, 3.05) is 19.6 Å². The van der Waals surface area contributed by atoms with Gasteiger partial charge >= 0.3 is 12.1 Å². The molecule has 106 valence electrons. The zero-order valence-corrected chi connectivity index (χ0v) is 11.1. The van der Waals surface area contributed by atoms with Gasteiger partial charge in [-0.15, -0.1) is 0 Å². The van der Waals surface area contributed by atoms with Crippen molar-refractivity contribution >= 4 is 12.1 Å². The summed E-state index contributed by atoms with van der Waals surface area (Å²) in [4.78, 5) is 25.8. The normalized spacial score (nSPS) is 17.6. The summed E-state index contributed by atoms with van der Waals surface area (Å²) in [5.41, 5.74) is 2.40. The van der Waals surface area contributed by atoms with E-state index < -0.39 is 6.09 Å². The van der Waals surface area contributed by atoms with E-state index in [2.05, 4.69) is 5.32 Å². The van der Waals surface area contributed by atoms with Crippen LogP contribution in [0.1, 0.15) is 11.1 Å². The minimum absolute atomic E-state index is 0.0741. The third-order valence-electron chi connectivity index (χ3n) is 3.90. The molecule has 6 nitrogen and oxygen atoms in total. The first kappa shape index (κ1) is 12.8. The van der Waals surface area contributed by atoms with E-state index in [4.69, 9.17) is 5.11 Å². The molecule has 1 aromatic rings. The molecule has 1 fully saturated rings. The first-order valence-electron chi connectivity index (χ1n) is 6.71. The van der Waals surface area contributed by atoms with Gasteiger partial charge < -0.3 is 20.2 Å². The van der Waals surface area contributed by atoms with Crippen LogP contribution in [0.25, 0.3) is 0 Å². The number of carboxylic acid groups (broad SMARTS) is 1. The number of carbonyl (C=O) groups excluding carboxylic acids is 1. The molecule has 1 saturated heterocycles. The Hall–Kier alpha value is -2.24. The lowest BCUT2D eigenvalue weighted by Gasteiger charge is -2.37. The van der Waals surface area contributed by atoms with Gasteiger partial charge in [-0.1, -0.05) is 24.3 Å². The first-order valence-corrected chi connectivity index (χ1v) is 6.71. The molecule has 20 heavy (non-hydrogen) atoms. The van der Waals surface area contributed by atoms with Crippen LogP contribution >= 0.6 is 0 Å². The van der Waals surface area contributed by atoms with E-state index >= 15 is 0 Å². The maximum atomic E-state index is 12.1. The van der Waals surface area contributed by atoms with Crippen LogP contribution in [0.5, 0.6) is 0 Å². The Labute approximate surface area is 117 Å². The molecule has 0 aliphatic carbocycles. The van der Waals surface area contributed by atoms with E-state index in [1.54, 1.807) is 4.90 Å². The van der Waals surface area contributed by atoms with E-state index in [1.807, 2.05) is 24.3 Å². The SMILES string of the molecule is O=C(O)N1CC(CNC(=O)N2Cc3ccccc3C2)C1. The third-order valence-corrected chi connectivity index (χ3v) is 3.90. The fourth-order valence-electron chi connectivity index (χ4n) is 2.68. The lowest BCUT2D eigenvalue weighted by molar-refractivity contribution is 0.0816. The van der Waals surface area contributed by atoms with Crippen LogP contribution in [0.4, 0.5) is 9.59 Å². The monoisotopic (exact) mass is 275 g/mol. The molecular weight excluding hydrogens is 258 g/mol. The van der Waals surface area contributed by atoms with Gasteiger partial charge in [-0.25, -0.2) is 9.59 Å². The van der Waals surface area contributed by atoms with Crippen LogP contribution in [0.2, 0.25) is 0 Å². The Kier molecular flexibility index (Phi) is 3.22. The van der Waals surface area contributed by atoms with E-state index in [9.17, 15) is 9.59 Å². The van der Waals surface area contributed by atoms with Crippen molar-refractivity contribution in [3.63, 3.8) is 0 Å². The van der Waals surface area contributed by atoms with Gasteiger partial charge in [0.15, 0.2) is 0 Å². The standard InChI is InChI=1S/C14H17N3O3/c18-13(15-5-10-6-17(7-10)14(19)20)16-8-11-3-1-2-4-12(11)9-16/h1-4,10H,5-9H2,(H,15,18)(H,19,20). The Morgan fingerprint density at radius 1 is 1.15 bits per heavy atom. The summed E-state index contributed by atoms with van der Waals surface area (Å²) in [6.07, 6.45) is -0.887. The van der Waals surface area contributed by atoms with Crippen LogP contribution in [0.15, 0.2) is 24.3 Å². The molecular formula is C14H17N3O3. The Balaban J connectivity index is 1.44. The summed E-state index contributed by atoms with van der Waals surface area (Å²) in [6, 6.07) is 7.97. The fraction of sp³-hybridized carbons (Fsp3) is 0.429. The highest BCUT2D eigenvalue weighted by molar-refractivity contribution is 5.75. The molecule has 1 aromatic carbocycles. The van der Waals surface area contributed by atoms with Gasteiger partial charge in [-0.2, -0.15) is 0 Å². The van der Waals surface area contributed by atoms with Gasteiger partial charge in [0.2, 0.25) is 0 Å². The predicted octanol–water partition coefficient (Wildman–Crippen LogP) is 1.32. The predicted molar refractivity (Wildman–Crippen MR) is 72.2 cm³/mol. The van der Waals surface area contributed by atoms with E-state index in [0.29, 0.717) is 32.7 Å². The van der Waals surface area contributed by atoms with Gasteiger partial charge in [0.05, 0.1) is 0 Å². The first-order chi connectivity index (χ1) is 9.63. The van der Waals surface area contributed by atoms with Crippen molar-refractivity contribution in [2.24, 2.45) is 5.92 Å². The molecule has 2 aliphatic rings. The summed E-state index contributed by atoms with van der Waals surface area (Å²) in [5, 5.41) is 11.6. The largest absolute Gasteiger partial charge is 0.465 e. The van der Waals surface area contributed by atoms with Gasteiger partial charge in [-0.05, 0) is 11.1 Å². The highest BCUT2D eigenvalue weighted by Crippen LogP contribution is 2.22. The van der Waals surface area contributed by atoms with Crippen molar-refractivity contribution < 1.29 is 14.7 Å². The summed E-state index contributed by atoms with van der Waals surface area (Å²) in [5.74, 6) is 0.236. The highest BCUT2D eigenvalue weighted by atomic mass is 16.4. The molecule has 3 rings (SSSR count). The molecule has 0 radical (unpaired) electrons. The second kappa shape index (κ2) is 5.03. The van der Waals surface area contributed by atoms with Crippen LogP contribution < -0.4 is 5.32 Å². The molecule has 2 aliphatic heterocycles. The Bertz CT molecular complexity index is 515. The van der Waals surface area contributed by atoms with Crippen LogP contribution in [0, 0.1) is 5.92 Å². The smallest absolute Gasteiger partial charge is 0.407 e. The maximum Gasteiger partial charge on any atom is 0.407 e. The molecule has 0 aromatic heterocycles. The van der Waals surface area contributed by atoms with Gasteiger partial charge in [-0.3, -0.25) is 0 Å². The topological polar surface area (TPSA) is 72.9 Å². The summed E-state index contributed by atoms with van der Waals surface area (Å²) in [7, 11) is 0. The van der Waals surface area contributed by atoms with Crippen molar-refractivity contribution in [2.45, 2.75) is 13.1 Å². The molecule has 0 unspecified atom stereocenters. The highest BCUT2D eigenvalue weighted by Gasteiger charge is 2.31. The number of carbonyl (C=O) groups is 2. The fourth-order valence-corrected chi connectivity index (χ4v) is 2.68. The minimum Gasteiger partial charge on any atom is -0.465 e. The molecule has 0 atom stereocenters. The average Bonchev–Trinajstić information content (AvgIpc) is 2.79. The molecule has 0 spiro atoms. The number of amides is 3. The number of hydrogen-bond donors (Lipinski definition) is 2. The number of nitrogens with one attached hydrogen (secondary N) is 1. The Morgan fingerprint density at radius 2 is 1.75 bits per heavy atom. The second-order valence-corrected chi connectivity index (χ2v) is 5.36. The number of urea groups is 1. The van der Waals surface area contributed by atoms with Crippen molar-refractivity contribution in [3.05, 3.63) is 35.4 Å². The van der Waals surface area contributed by atoms with Crippen LogP contribution in [0.3, 0.4) is 0 Å². The zero-order valence-electron chi connectivity index (χ0n) is 11.1. The van der Waals surface area contributed by atoms with E-state index in [1.165, 1.54) is 16.0 Å². The van der Waals surface area contributed by atoms with Gasteiger partial charge in [0.25, 0.3) is 0 Å². The molecule has 2 N–H and O–H groups in total. The maximum absolute atomic E-state index is 12.1. The molecule has 0 bridgehead atoms. The number of benzene rings is 1. The minimum atomic E-state index is -0.887. The Morgan fingerprint density at radius 3 is 2.30 bits per heavy atom. The van der Waals surface area contributed by atoms with Crippen LogP contribution in [-0.2, 0) is 13.1 Å². The van der Waals surface area contributed by atoms with E-state index in [0.717, 1.165) is 0 Å². The summed E-state index contributed by atoms with van der Waals surface area (Å²) < 4.78 is 0. The number of hydrogen-bond acceptors (Lipinski definition) is 2. The summed E-state index contributed by atoms with van der Waals surface area (Å²) >= 11 is 0. The van der Waals surface area contributed by atoms with Gasteiger partial charge in [0.1, 0.15) is 0 Å². The number of rotatable bonds is 2. The number of nitrogens with zero attached hydrogens (tertiary/aromatic N) is 2. The number of fused-ring (bicyclic) bond motifs is 1. The molecule has 6 heteroatoms. The zero-order chi connectivity index (χ0) is 14.1. The lowest BCUT2D eigenvalue weighted by atomic mass is 10.0. The second-order valence-electron chi connectivity index (χ2n) is 5.36. The van der Waals surface area contributed by atoms with Crippen molar-refractivity contribution in [1.29, 1.82) is 0 Å². The van der Waals surface area contributed by atoms with Crippen LogP contribution in [-0.4, -0.2) is 46.7 Å². The molecule has 0 saturated carbocycles. The van der Waals surface area contributed by atoms with Crippen molar-refractivity contribution in [1.82, 2.24) is 15.1 Å². The lowest BCUT2D eigenvalue weighted by Crippen LogP contribution is -2.54.